The number of hydrogen-bond donors (Lipinski definition) is 1. The Labute approximate surface area is 169 Å². The normalized spacial score (nSPS) is 14.9. The number of halogens is 4. The maximum absolute atomic E-state index is 13.0. The Kier molecular flexibility index (Phi) is 5.40. The van der Waals surface area contributed by atoms with Crippen molar-refractivity contribution < 1.29 is 27.6 Å². The first-order chi connectivity index (χ1) is 13.5. The maximum Gasteiger partial charge on any atom is 0.416 e. The molecule has 0 bridgehead atoms. The van der Waals surface area contributed by atoms with Gasteiger partial charge in [-0.05, 0) is 36.2 Å². The summed E-state index contributed by atoms with van der Waals surface area (Å²) in [4.78, 5) is 39.2. The van der Waals surface area contributed by atoms with Gasteiger partial charge in [-0.15, -0.1) is 0 Å². The second kappa shape index (κ2) is 7.51. The van der Waals surface area contributed by atoms with Crippen molar-refractivity contribution in [3.05, 3.63) is 64.2 Å². The van der Waals surface area contributed by atoms with Crippen molar-refractivity contribution in [3.8, 4) is 0 Å². The summed E-state index contributed by atoms with van der Waals surface area (Å²) in [6, 6.07) is 7.45. The molecule has 0 saturated carbocycles. The summed E-state index contributed by atoms with van der Waals surface area (Å²) in [7, 11) is 0. The fourth-order valence-corrected chi connectivity index (χ4v) is 3.35. The Morgan fingerprint density at radius 1 is 1.03 bits per heavy atom. The molecule has 152 valence electrons. The molecule has 1 aliphatic rings. The number of amides is 3. The van der Waals surface area contributed by atoms with Crippen molar-refractivity contribution in [3.63, 3.8) is 0 Å². The molecule has 0 aromatic heterocycles. The smallest absolute Gasteiger partial charge is 0.323 e. The molecule has 0 spiro atoms. The topological polar surface area (TPSA) is 66.5 Å². The van der Waals surface area contributed by atoms with Gasteiger partial charge in [-0.2, -0.15) is 13.2 Å². The van der Waals surface area contributed by atoms with Crippen molar-refractivity contribution >= 4 is 35.0 Å². The SMILES string of the molecule is CC(C)[C@H](C(=O)Nc1cc(C(F)(F)F)ccc1Cl)N1C(=O)c2ccccc2C1=O. The Bertz CT molecular complexity index is 970. The molecular weight excluding hydrogens is 409 g/mol. The van der Waals surface area contributed by atoms with Crippen LogP contribution in [0, 0.1) is 5.92 Å². The first-order valence-corrected chi connectivity index (χ1v) is 9.04. The van der Waals surface area contributed by atoms with Gasteiger partial charge in [0.15, 0.2) is 0 Å². The van der Waals surface area contributed by atoms with Gasteiger partial charge in [0.1, 0.15) is 6.04 Å². The zero-order chi connectivity index (χ0) is 21.5. The van der Waals surface area contributed by atoms with Gasteiger partial charge >= 0.3 is 6.18 Å². The summed E-state index contributed by atoms with van der Waals surface area (Å²) in [6.07, 6.45) is -4.62. The molecule has 3 amide bonds. The molecule has 1 N–H and O–H groups in total. The predicted octanol–water partition coefficient (Wildman–Crippen LogP) is 4.62. The standard InChI is InChI=1S/C20H16ClF3N2O3/c1-10(2)16(26-18(28)12-5-3-4-6-13(12)19(26)29)17(27)25-15-9-11(20(22,23)24)7-8-14(15)21/h3-10,16H,1-2H3,(H,25,27)/t16-/m1/s1. The quantitative estimate of drug-likeness (QED) is 0.728. The Morgan fingerprint density at radius 3 is 2.07 bits per heavy atom. The van der Waals surface area contributed by atoms with Crippen LogP contribution in [0.2, 0.25) is 5.02 Å². The summed E-state index contributed by atoms with van der Waals surface area (Å²) >= 11 is 5.94. The molecule has 0 aliphatic carbocycles. The average Bonchev–Trinajstić information content (AvgIpc) is 2.88. The van der Waals surface area contributed by atoms with Crippen LogP contribution < -0.4 is 5.32 Å². The van der Waals surface area contributed by atoms with Gasteiger partial charge in [-0.1, -0.05) is 37.6 Å². The van der Waals surface area contributed by atoms with Crippen LogP contribution in [-0.2, 0) is 11.0 Å². The minimum atomic E-state index is -4.62. The van der Waals surface area contributed by atoms with Crippen molar-refractivity contribution in [1.82, 2.24) is 4.90 Å². The van der Waals surface area contributed by atoms with Gasteiger partial charge in [-0.25, -0.2) is 0 Å². The number of carbonyl (C=O) groups is 3. The minimum Gasteiger partial charge on any atom is -0.323 e. The second-order valence-electron chi connectivity index (χ2n) is 6.90. The molecule has 3 rings (SSSR count). The molecule has 5 nitrogen and oxygen atoms in total. The van der Waals surface area contributed by atoms with E-state index in [0.717, 1.165) is 17.0 Å². The van der Waals surface area contributed by atoms with Crippen LogP contribution in [0.25, 0.3) is 0 Å². The van der Waals surface area contributed by atoms with Gasteiger partial charge in [0.05, 0.1) is 27.4 Å². The number of nitrogens with zero attached hydrogens (tertiary/aromatic N) is 1. The van der Waals surface area contributed by atoms with Crippen molar-refractivity contribution in [1.29, 1.82) is 0 Å². The van der Waals surface area contributed by atoms with E-state index in [4.69, 9.17) is 11.6 Å². The summed E-state index contributed by atoms with van der Waals surface area (Å²) in [5.74, 6) is -2.57. The molecule has 0 unspecified atom stereocenters. The third kappa shape index (κ3) is 3.85. The van der Waals surface area contributed by atoms with E-state index in [9.17, 15) is 27.6 Å². The van der Waals surface area contributed by atoms with E-state index in [1.165, 1.54) is 12.1 Å². The lowest BCUT2D eigenvalue weighted by Crippen LogP contribution is -2.50. The third-order valence-electron chi connectivity index (χ3n) is 4.56. The van der Waals surface area contributed by atoms with E-state index in [1.807, 2.05) is 0 Å². The van der Waals surface area contributed by atoms with Crippen LogP contribution in [0.5, 0.6) is 0 Å². The number of benzene rings is 2. The number of imide groups is 1. The summed E-state index contributed by atoms with van der Waals surface area (Å²) in [6.45, 7) is 3.25. The van der Waals surface area contributed by atoms with Crippen LogP contribution in [0.1, 0.15) is 40.1 Å². The predicted molar refractivity (Wildman–Crippen MR) is 101 cm³/mol. The first-order valence-electron chi connectivity index (χ1n) is 8.67. The highest BCUT2D eigenvalue weighted by atomic mass is 35.5. The highest BCUT2D eigenvalue weighted by Crippen LogP contribution is 2.34. The van der Waals surface area contributed by atoms with E-state index in [-0.39, 0.29) is 21.8 Å². The molecule has 0 saturated heterocycles. The Morgan fingerprint density at radius 2 is 1.59 bits per heavy atom. The molecule has 2 aromatic rings. The van der Waals surface area contributed by atoms with E-state index < -0.39 is 41.4 Å². The molecule has 29 heavy (non-hydrogen) atoms. The van der Waals surface area contributed by atoms with Crippen LogP contribution in [0.15, 0.2) is 42.5 Å². The van der Waals surface area contributed by atoms with E-state index >= 15 is 0 Å². The number of rotatable bonds is 4. The van der Waals surface area contributed by atoms with Crippen molar-refractivity contribution in [2.75, 3.05) is 5.32 Å². The highest BCUT2D eigenvalue weighted by molar-refractivity contribution is 6.34. The number of anilines is 1. The second-order valence-corrected chi connectivity index (χ2v) is 7.30. The zero-order valence-electron chi connectivity index (χ0n) is 15.4. The zero-order valence-corrected chi connectivity index (χ0v) is 16.1. The van der Waals surface area contributed by atoms with Gasteiger partial charge in [0.2, 0.25) is 5.91 Å². The number of fused-ring (bicyclic) bond motifs is 1. The molecule has 2 aromatic carbocycles. The van der Waals surface area contributed by atoms with Gasteiger partial charge in [0, 0.05) is 0 Å². The molecule has 0 fully saturated rings. The summed E-state index contributed by atoms with van der Waals surface area (Å²) in [5.41, 5.74) is -0.895. The molecule has 1 aliphatic heterocycles. The van der Waals surface area contributed by atoms with Gasteiger partial charge in [-0.3, -0.25) is 19.3 Å². The largest absolute Gasteiger partial charge is 0.416 e. The fourth-order valence-electron chi connectivity index (χ4n) is 3.18. The summed E-state index contributed by atoms with van der Waals surface area (Å²) in [5, 5.41) is 2.23. The van der Waals surface area contributed by atoms with E-state index in [1.54, 1.807) is 26.0 Å². The Balaban J connectivity index is 1.93. The van der Waals surface area contributed by atoms with E-state index in [0.29, 0.717) is 6.07 Å². The Hall–Kier alpha value is -2.87. The monoisotopic (exact) mass is 424 g/mol. The number of hydrogen-bond acceptors (Lipinski definition) is 3. The first kappa shape index (κ1) is 20.9. The highest BCUT2D eigenvalue weighted by Gasteiger charge is 2.44. The minimum absolute atomic E-state index is 0.101. The van der Waals surface area contributed by atoms with Crippen LogP contribution in [-0.4, -0.2) is 28.7 Å². The van der Waals surface area contributed by atoms with Crippen LogP contribution in [0.4, 0.5) is 18.9 Å². The lowest BCUT2D eigenvalue weighted by atomic mass is 10.0. The lowest BCUT2D eigenvalue weighted by molar-refractivity contribution is -0.137. The summed E-state index contributed by atoms with van der Waals surface area (Å²) < 4.78 is 38.9. The van der Waals surface area contributed by atoms with Crippen molar-refractivity contribution in [2.24, 2.45) is 5.92 Å². The fraction of sp³-hybridized carbons (Fsp3) is 0.250. The number of carbonyl (C=O) groups excluding carboxylic acids is 3. The van der Waals surface area contributed by atoms with Crippen molar-refractivity contribution in [2.45, 2.75) is 26.1 Å². The van der Waals surface area contributed by atoms with Gasteiger partial charge in [0.25, 0.3) is 11.8 Å². The molecular formula is C20H16ClF3N2O3. The van der Waals surface area contributed by atoms with Gasteiger partial charge < -0.3 is 5.32 Å². The maximum atomic E-state index is 13.0. The van der Waals surface area contributed by atoms with E-state index in [2.05, 4.69) is 5.32 Å². The van der Waals surface area contributed by atoms with Crippen LogP contribution >= 0.6 is 11.6 Å². The third-order valence-corrected chi connectivity index (χ3v) is 4.88. The molecule has 0 radical (unpaired) electrons. The molecule has 9 heteroatoms. The lowest BCUT2D eigenvalue weighted by Gasteiger charge is -2.28. The number of alkyl halides is 3. The molecule has 1 atom stereocenters. The number of nitrogens with one attached hydrogen (secondary N) is 1. The average molecular weight is 425 g/mol. The molecule has 1 heterocycles. The van der Waals surface area contributed by atoms with Crippen LogP contribution in [0.3, 0.4) is 0 Å².